The van der Waals surface area contributed by atoms with Crippen LogP contribution < -0.4 is 5.73 Å². The van der Waals surface area contributed by atoms with E-state index in [1.165, 1.54) is 0 Å². The number of hydrogen-bond donors (Lipinski definition) is 2. The Hall–Kier alpha value is -1.99. The highest BCUT2D eigenvalue weighted by atomic mass is 35.5. The number of hydrogen-bond acceptors (Lipinski definition) is 3. The predicted molar refractivity (Wildman–Crippen MR) is 98.2 cm³/mol. The van der Waals surface area contributed by atoms with Gasteiger partial charge in [0.25, 0.3) is 0 Å². The van der Waals surface area contributed by atoms with Gasteiger partial charge in [0.05, 0.1) is 17.3 Å². The molecule has 0 radical (unpaired) electrons. The number of benzene rings is 2. The van der Waals surface area contributed by atoms with Crippen LogP contribution in [0.15, 0.2) is 53.7 Å². The number of aliphatic hydroxyl groups is 1. The molecule has 0 saturated heterocycles. The summed E-state index contributed by atoms with van der Waals surface area (Å²) in [5, 5.41) is 22.4. The maximum atomic E-state index is 11.6. The van der Waals surface area contributed by atoms with Crippen molar-refractivity contribution in [3.05, 3.63) is 80.5 Å². The minimum atomic E-state index is -1.34. The van der Waals surface area contributed by atoms with E-state index in [1.807, 2.05) is 30.3 Å². The molecule has 3 nitrogen and oxygen atoms in total. The molecule has 126 valence electrons. The second kappa shape index (κ2) is 5.78. The molecule has 0 saturated carbocycles. The minimum Gasteiger partial charge on any atom is -0.399 e. The molecule has 0 heterocycles. The molecule has 2 aliphatic carbocycles. The van der Waals surface area contributed by atoms with Gasteiger partial charge in [0.1, 0.15) is 5.60 Å². The van der Waals surface area contributed by atoms with Crippen molar-refractivity contribution in [2.75, 3.05) is 0 Å². The molecule has 2 aromatic rings. The van der Waals surface area contributed by atoms with Gasteiger partial charge >= 0.3 is 0 Å². The van der Waals surface area contributed by atoms with E-state index >= 15 is 0 Å². The average molecular weight is 371 g/mol. The lowest BCUT2D eigenvalue weighted by molar-refractivity contribution is 0.00576. The largest absolute Gasteiger partial charge is 0.399 e. The van der Waals surface area contributed by atoms with Gasteiger partial charge < -0.3 is 10.8 Å². The zero-order valence-corrected chi connectivity index (χ0v) is 14.8. The molecule has 5 heteroatoms. The van der Waals surface area contributed by atoms with E-state index in [2.05, 4.69) is 6.07 Å². The maximum Gasteiger partial charge on any atom is 0.134 e. The maximum absolute atomic E-state index is 11.6. The summed E-state index contributed by atoms with van der Waals surface area (Å²) in [6.45, 7) is 0. The van der Waals surface area contributed by atoms with Gasteiger partial charge in [-0.3, -0.25) is 0 Å². The zero-order valence-electron chi connectivity index (χ0n) is 13.3. The number of aryl methyl sites for hydroxylation is 1. The summed E-state index contributed by atoms with van der Waals surface area (Å²) in [6.07, 6.45) is 1.56. The highest BCUT2D eigenvalue weighted by Gasteiger charge is 2.56. The van der Waals surface area contributed by atoms with Crippen molar-refractivity contribution in [2.45, 2.75) is 24.4 Å². The topological polar surface area (TPSA) is 70.0 Å². The Morgan fingerprint density at radius 1 is 1.20 bits per heavy atom. The lowest BCUT2D eigenvalue weighted by atomic mass is 9.68. The fourth-order valence-corrected chi connectivity index (χ4v) is 4.94. The molecule has 0 bridgehead atoms. The number of rotatable bonds is 1. The number of allylic oxidation sites excluding steroid dienone is 1. The number of nitrogens with two attached hydrogens (primary N) is 1. The summed E-state index contributed by atoms with van der Waals surface area (Å²) in [4.78, 5) is 0. The van der Waals surface area contributed by atoms with Gasteiger partial charge in [-0.05, 0) is 41.7 Å². The molecule has 0 unspecified atom stereocenters. The van der Waals surface area contributed by atoms with Crippen molar-refractivity contribution in [3.63, 3.8) is 0 Å². The van der Waals surface area contributed by atoms with Crippen LogP contribution in [0.1, 0.15) is 29.0 Å². The lowest BCUT2D eigenvalue weighted by Crippen LogP contribution is -2.41. The minimum absolute atomic E-state index is 0.226. The van der Waals surface area contributed by atoms with E-state index in [4.69, 9.17) is 28.9 Å². The highest BCUT2D eigenvalue weighted by Crippen LogP contribution is 2.58. The van der Waals surface area contributed by atoms with Crippen LogP contribution in [0, 0.1) is 17.2 Å². The molecule has 0 aromatic heterocycles. The number of nitrogens with zero attached hydrogens (tertiary/aromatic N) is 1. The van der Waals surface area contributed by atoms with Crippen LogP contribution in [-0.2, 0) is 12.0 Å². The standard InChI is InChI=1S/C20H16Cl2N2O/c21-12-6-7-13(17(22)9-12)18-14(10-23)19(24)20(25)15-4-2-1-3-11(15)5-8-16(18)20/h1-4,6-7,9,16,18,25H,5,8,24H2/t16-,18-,20+/m0/s1. The molecule has 0 amide bonds. The van der Waals surface area contributed by atoms with Crippen molar-refractivity contribution in [3.8, 4) is 6.07 Å². The first-order valence-corrected chi connectivity index (χ1v) is 8.90. The van der Waals surface area contributed by atoms with Crippen LogP contribution in [0.25, 0.3) is 0 Å². The molecule has 0 aliphatic heterocycles. The molecule has 2 aromatic carbocycles. The summed E-state index contributed by atoms with van der Waals surface area (Å²) in [5.41, 5.74) is 8.29. The van der Waals surface area contributed by atoms with Crippen LogP contribution in [-0.4, -0.2) is 5.11 Å². The predicted octanol–water partition coefficient (Wildman–Crippen LogP) is 4.28. The fourth-order valence-electron chi connectivity index (χ4n) is 4.41. The van der Waals surface area contributed by atoms with Crippen LogP contribution in [0.4, 0.5) is 0 Å². The third-order valence-corrected chi connectivity index (χ3v) is 6.08. The number of fused-ring (bicyclic) bond motifs is 3. The van der Waals surface area contributed by atoms with Crippen molar-refractivity contribution in [1.82, 2.24) is 0 Å². The Morgan fingerprint density at radius 3 is 2.68 bits per heavy atom. The summed E-state index contributed by atoms with van der Waals surface area (Å²) < 4.78 is 0. The molecule has 3 N–H and O–H groups in total. The third kappa shape index (κ3) is 2.22. The summed E-state index contributed by atoms with van der Waals surface area (Å²) in [6, 6.07) is 15.2. The van der Waals surface area contributed by atoms with Gasteiger partial charge in [0, 0.05) is 21.9 Å². The van der Waals surface area contributed by atoms with Gasteiger partial charge in [-0.1, -0.05) is 53.5 Å². The van der Waals surface area contributed by atoms with Crippen LogP contribution in [0.5, 0.6) is 0 Å². The Morgan fingerprint density at radius 2 is 1.96 bits per heavy atom. The highest BCUT2D eigenvalue weighted by molar-refractivity contribution is 6.35. The Balaban J connectivity index is 1.94. The van der Waals surface area contributed by atoms with Crippen molar-refractivity contribution in [1.29, 1.82) is 5.26 Å². The molecule has 25 heavy (non-hydrogen) atoms. The molecule has 4 rings (SSSR count). The van der Waals surface area contributed by atoms with E-state index in [1.54, 1.807) is 12.1 Å². The first-order valence-electron chi connectivity index (χ1n) is 8.14. The summed E-state index contributed by atoms with van der Waals surface area (Å²) in [5.74, 6) is -0.566. The van der Waals surface area contributed by atoms with Crippen LogP contribution >= 0.6 is 23.2 Å². The van der Waals surface area contributed by atoms with E-state index in [0.29, 0.717) is 15.6 Å². The molecule has 0 fully saturated rings. The van der Waals surface area contributed by atoms with Crippen molar-refractivity contribution >= 4 is 23.2 Å². The summed E-state index contributed by atoms with van der Waals surface area (Å²) in [7, 11) is 0. The van der Waals surface area contributed by atoms with E-state index in [-0.39, 0.29) is 17.5 Å². The third-order valence-electron chi connectivity index (χ3n) is 5.52. The molecule has 0 spiro atoms. The van der Waals surface area contributed by atoms with E-state index < -0.39 is 5.60 Å². The lowest BCUT2D eigenvalue weighted by Gasteiger charge is -2.40. The SMILES string of the molecule is N#CC1=C(N)[C@@]2(O)c3ccccc3CC[C@H]2[C@H]1c1ccc(Cl)cc1Cl. The Bertz CT molecular complexity index is 947. The average Bonchev–Trinajstić information content (AvgIpc) is 2.83. The molecule has 2 aliphatic rings. The summed E-state index contributed by atoms with van der Waals surface area (Å²) >= 11 is 12.4. The Kier molecular flexibility index (Phi) is 3.81. The normalized spacial score (nSPS) is 27.6. The zero-order chi connectivity index (χ0) is 17.8. The van der Waals surface area contributed by atoms with E-state index in [0.717, 1.165) is 29.5 Å². The Labute approximate surface area is 156 Å². The van der Waals surface area contributed by atoms with Gasteiger partial charge in [-0.2, -0.15) is 5.26 Å². The first-order chi connectivity index (χ1) is 12.0. The number of nitriles is 1. The van der Waals surface area contributed by atoms with E-state index in [9.17, 15) is 10.4 Å². The fraction of sp³-hybridized carbons (Fsp3) is 0.250. The van der Waals surface area contributed by atoms with Gasteiger partial charge in [-0.15, -0.1) is 0 Å². The molecule has 3 atom stereocenters. The first kappa shape index (κ1) is 16.5. The molecular formula is C20H16Cl2N2O. The van der Waals surface area contributed by atoms with Gasteiger partial charge in [0.2, 0.25) is 0 Å². The second-order valence-electron chi connectivity index (χ2n) is 6.65. The van der Waals surface area contributed by atoms with Crippen LogP contribution in [0.3, 0.4) is 0 Å². The number of halogens is 2. The van der Waals surface area contributed by atoms with Gasteiger partial charge in [0.15, 0.2) is 0 Å². The van der Waals surface area contributed by atoms with Crippen molar-refractivity contribution < 1.29 is 5.11 Å². The second-order valence-corrected chi connectivity index (χ2v) is 7.49. The molecular weight excluding hydrogens is 355 g/mol. The smallest absolute Gasteiger partial charge is 0.134 e. The van der Waals surface area contributed by atoms with Gasteiger partial charge in [-0.25, -0.2) is 0 Å². The quantitative estimate of drug-likeness (QED) is 0.786. The monoisotopic (exact) mass is 370 g/mol. The van der Waals surface area contributed by atoms with Crippen LogP contribution in [0.2, 0.25) is 10.0 Å². The van der Waals surface area contributed by atoms with Crippen molar-refractivity contribution in [2.24, 2.45) is 11.7 Å².